The largest absolute Gasteiger partial charge is 0.391 e. The smallest absolute Gasteiger partial charge is 0.101 e. The van der Waals surface area contributed by atoms with Crippen molar-refractivity contribution in [2.75, 3.05) is 53.9 Å². The van der Waals surface area contributed by atoms with E-state index < -0.39 is 18.3 Å². The Hall–Kier alpha value is -0.280. The zero-order valence-electron chi connectivity index (χ0n) is 15.2. The first-order valence-electron chi connectivity index (χ1n) is 8.77. The molecule has 0 amide bonds. The number of hydrogen-bond acceptors (Lipinski definition) is 7. The number of unbranched alkanes of at least 4 members (excludes halogenated alkanes) is 2. The van der Waals surface area contributed by atoms with E-state index in [-0.39, 0.29) is 13.2 Å². The fraction of sp³-hybridized carbons (Fsp3) is 1.00. The molecule has 7 heteroatoms. The minimum Gasteiger partial charge on any atom is -0.391 e. The summed E-state index contributed by atoms with van der Waals surface area (Å²) < 4.78 is 20.5. The predicted octanol–water partition coefficient (Wildman–Crippen LogP) is 0.736. The maximum Gasteiger partial charge on any atom is 0.101 e. The highest BCUT2D eigenvalue weighted by molar-refractivity contribution is 4.56. The Kier molecular flexibility index (Phi) is 17.3. The number of aliphatic hydroxyl groups excluding tert-OH is 3. The van der Waals surface area contributed by atoms with Crippen LogP contribution in [0.5, 0.6) is 0 Å². The number of ether oxygens (including phenoxy) is 4. The van der Waals surface area contributed by atoms with Crippen LogP contribution in [0.15, 0.2) is 0 Å². The van der Waals surface area contributed by atoms with Gasteiger partial charge in [0, 0.05) is 27.4 Å². The van der Waals surface area contributed by atoms with E-state index in [2.05, 4.69) is 0 Å². The quantitative estimate of drug-likeness (QED) is 0.313. The molecule has 0 rings (SSSR count). The van der Waals surface area contributed by atoms with Crippen LogP contribution in [0.1, 0.15) is 38.5 Å². The Morgan fingerprint density at radius 3 is 1.38 bits per heavy atom. The summed E-state index contributed by atoms with van der Waals surface area (Å²) in [6.07, 6.45) is 3.37. The maximum atomic E-state index is 9.72. The monoisotopic (exact) mass is 352 g/mol. The zero-order chi connectivity index (χ0) is 18.0. The normalized spacial score (nSPS) is 15.4. The molecule has 24 heavy (non-hydrogen) atoms. The molecule has 2 atom stereocenters. The standard InChI is InChI=1S/C17H36O7/c1-21-11-15(18)7-3-5-9-23-13-17(20)14-24-10-6-4-8-16(19)12-22-2/h15-20H,3-14H2,1-2H3. The second-order valence-electron chi connectivity index (χ2n) is 6.01. The fourth-order valence-corrected chi connectivity index (χ4v) is 2.21. The van der Waals surface area contributed by atoms with Gasteiger partial charge in [0.15, 0.2) is 0 Å². The van der Waals surface area contributed by atoms with Crippen LogP contribution >= 0.6 is 0 Å². The molecule has 0 spiro atoms. The first-order chi connectivity index (χ1) is 11.6. The van der Waals surface area contributed by atoms with Gasteiger partial charge in [-0.2, -0.15) is 0 Å². The van der Waals surface area contributed by atoms with Crippen molar-refractivity contribution >= 4 is 0 Å². The van der Waals surface area contributed by atoms with Gasteiger partial charge >= 0.3 is 0 Å². The zero-order valence-corrected chi connectivity index (χ0v) is 15.2. The molecule has 146 valence electrons. The van der Waals surface area contributed by atoms with Crippen LogP contribution in [0.3, 0.4) is 0 Å². The van der Waals surface area contributed by atoms with Crippen molar-refractivity contribution in [2.24, 2.45) is 0 Å². The van der Waals surface area contributed by atoms with Gasteiger partial charge < -0.3 is 34.3 Å². The van der Waals surface area contributed by atoms with Crippen molar-refractivity contribution < 1.29 is 34.3 Å². The van der Waals surface area contributed by atoms with Crippen molar-refractivity contribution in [3.05, 3.63) is 0 Å². The number of methoxy groups -OCH3 is 2. The summed E-state index contributed by atoms with van der Waals surface area (Å²) in [5, 5.41) is 28.6. The third-order valence-electron chi connectivity index (χ3n) is 3.49. The molecule has 0 aromatic rings. The molecule has 0 aromatic heterocycles. The summed E-state index contributed by atoms with van der Waals surface area (Å²) in [5.41, 5.74) is 0. The Balaban J connectivity index is 3.28. The molecule has 7 nitrogen and oxygen atoms in total. The maximum absolute atomic E-state index is 9.72. The summed E-state index contributed by atoms with van der Waals surface area (Å²) in [6.45, 7) is 2.37. The number of aliphatic hydroxyl groups is 3. The molecule has 0 saturated carbocycles. The first kappa shape index (κ1) is 23.7. The third kappa shape index (κ3) is 16.6. The van der Waals surface area contributed by atoms with Crippen molar-refractivity contribution in [3.63, 3.8) is 0 Å². The summed E-state index contributed by atoms with van der Waals surface area (Å²) in [7, 11) is 3.14. The van der Waals surface area contributed by atoms with E-state index in [0.29, 0.717) is 39.3 Å². The summed E-state index contributed by atoms with van der Waals surface area (Å²) >= 11 is 0. The van der Waals surface area contributed by atoms with E-state index in [1.54, 1.807) is 14.2 Å². The number of hydrogen-bond donors (Lipinski definition) is 3. The lowest BCUT2D eigenvalue weighted by Gasteiger charge is -2.13. The molecule has 0 aliphatic carbocycles. The summed E-state index contributed by atoms with van der Waals surface area (Å²) in [4.78, 5) is 0. The van der Waals surface area contributed by atoms with E-state index in [4.69, 9.17) is 18.9 Å². The van der Waals surface area contributed by atoms with Crippen LogP contribution in [0.25, 0.3) is 0 Å². The van der Waals surface area contributed by atoms with E-state index in [1.807, 2.05) is 0 Å². The van der Waals surface area contributed by atoms with Crippen LogP contribution in [0.2, 0.25) is 0 Å². The second-order valence-corrected chi connectivity index (χ2v) is 6.01. The molecule has 0 aliphatic rings. The predicted molar refractivity (Wildman–Crippen MR) is 91.1 cm³/mol. The highest BCUT2D eigenvalue weighted by atomic mass is 16.5. The molecule has 0 saturated heterocycles. The van der Waals surface area contributed by atoms with Gasteiger partial charge in [-0.25, -0.2) is 0 Å². The third-order valence-corrected chi connectivity index (χ3v) is 3.49. The van der Waals surface area contributed by atoms with Gasteiger partial charge in [-0.1, -0.05) is 0 Å². The minimum atomic E-state index is -0.622. The highest BCUT2D eigenvalue weighted by Crippen LogP contribution is 2.03. The average Bonchev–Trinajstić information content (AvgIpc) is 2.54. The molecule has 0 heterocycles. The van der Waals surface area contributed by atoms with Crippen LogP contribution < -0.4 is 0 Å². The van der Waals surface area contributed by atoms with Crippen molar-refractivity contribution in [2.45, 2.75) is 56.8 Å². The SMILES string of the molecule is COCC(O)CCCCOCC(O)COCCCCC(O)COC. The molecule has 2 unspecified atom stereocenters. The molecule has 0 bridgehead atoms. The number of rotatable bonds is 18. The van der Waals surface area contributed by atoms with Gasteiger partial charge in [-0.3, -0.25) is 0 Å². The van der Waals surface area contributed by atoms with Crippen LogP contribution in [0.4, 0.5) is 0 Å². The van der Waals surface area contributed by atoms with Gasteiger partial charge in [0.1, 0.15) is 6.10 Å². The molecular weight excluding hydrogens is 316 g/mol. The molecule has 0 aliphatic heterocycles. The van der Waals surface area contributed by atoms with Gasteiger partial charge in [0.2, 0.25) is 0 Å². The lowest BCUT2D eigenvalue weighted by Crippen LogP contribution is -2.22. The second kappa shape index (κ2) is 17.5. The Labute approximate surface area is 145 Å². The van der Waals surface area contributed by atoms with Crippen LogP contribution in [-0.4, -0.2) is 87.5 Å². The van der Waals surface area contributed by atoms with Gasteiger partial charge in [0.05, 0.1) is 38.6 Å². The van der Waals surface area contributed by atoms with Gasteiger partial charge in [0.25, 0.3) is 0 Å². The van der Waals surface area contributed by atoms with Crippen molar-refractivity contribution in [1.82, 2.24) is 0 Å². The lowest BCUT2D eigenvalue weighted by molar-refractivity contribution is -0.0213. The summed E-state index contributed by atoms with van der Waals surface area (Å²) in [5.74, 6) is 0. The van der Waals surface area contributed by atoms with E-state index in [0.717, 1.165) is 25.7 Å². The molecule has 0 radical (unpaired) electrons. The Morgan fingerprint density at radius 2 is 1.00 bits per heavy atom. The van der Waals surface area contributed by atoms with Crippen LogP contribution in [-0.2, 0) is 18.9 Å². The van der Waals surface area contributed by atoms with Crippen molar-refractivity contribution in [1.29, 1.82) is 0 Å². The molecule has 0 aromatic carbocycles. The highest BCUT2D eigenvalue weighted by Gasteiger charge is 2.06. The Morgan fingerprint density at radius 1 is 0.583 bits per heavy atom. The minimum absolute atomic E-state index is 0.257. The Bertz CT molecular complexity index is 229. The van der Waals surface area contributed by atoms with E-state index in [9.17, 15) is 15.3 Å². The summed E-state index contributed by atoms with van der Waals surface area (Å²) in [6, 6.07) is 0. The molecule has 0 fully saturated rings. The van der Waals surface area contributed by atoms with E-state index >= 15 is 0 Å². The fourth-order valence-electron chi connectivity index (χ4n) is 2.21. The van der Waals surface area contributed by atoms with Crippen LogP contribution in [0, 0.1) is 0 Å². The van der Waals surface area contributed by atoms with Crippen molar-refractivity contribution in [3.8, 4) is 0 Å². The topological polar surface area (TPSA) is 97.6 Å². The molecule has 3 N–H and O–H groups in total. The first-order valence-corrected chi connectivity index (χ1v) is 8.77. The average molecular weight is 352 g/mol. The van der Waals surface area contributed by atoms with Gasteiger partial charge in [-0.05, 0) is 38.5 Å². The van der Waals surface area contributed by atoms with Gasteiger partial charge in [-0.15, -0.1) is 0 Å². The van der Waals surface area contributed by atoms with E-state index in [1.165, 1.54) is 0 Å². The molecular formula is C17H36O7. The lowest BCUT2D eigenvalue weighted by atomic mass is 10.2.